The standard InChI is InChI=1S/C10H16N2S/c1-7(2)4-9(11)5-10-6-13-8(3)12-10/h6,9H,1,4-5,11H2,2-3H3. The van der Waals surface area contributed by atoms with Crippen molar-refractivity contribution in [2.45, 2.75) is 32.7 Å². The van der Waals surface area contributed by atoms with Gasteiger partial charge in [0, 0.05) is 17.8 Å². The quantitative estimate of drug-likeness (QED) is 0.750. The molecule has 2 N–H and O–H groups in total. The Morgan fingerprint density at radius 3 is 2.92 bits per heavy atom. The second kappa shape index (κ2) is 4.53. The van der Waals surface area contributed by atoms with Crippen LogP contribution in [0.15, 0.2) is 17.5 Å². The van der Waals surface area contributed by atoms with Crippen molar-refractivity contribution in [3.8, 4) is 0 Å². The highest BCUT2D eigenvalue weighted by Gasteiger charge is 2.06. The number of rotatable bonds is 4. The van der Waals surface area contributed by atoms with Crippen molar-refractivity contribution >= 4 is 11.3 Å². The van der Waals surface area contributed by atoms with Crippen LogP contribution in [0.2, 0.25) is 0 Å². The SMILES string of the molecule is C=C(C)CC(N)Cc1csc(C)n1. The Hall–Kier alpha value is -0.670. The van der Waals surface area contributed by atoms with Crippen LogP contribution in [0.25, 0.3) is 0 Å². The monoisotopic (exact) mass is 196 g/mol. The fraction of sp³-hybridized carbons (Fsp3) is 0.500. The van der Waals surface area contributed by atoms with Gasteiger partial charge < -0.3 is 5.73 Å². The summed E-state index contributed by atoms with van der Waals surface area (Å²) in [6, 6.07) is 0.166. The number of aryl methyl sites for hydroxylation is 1. The third kappa shape index (κ3) is 3.70. The maximum absolute atomic E-state index is 5.92. The van der Waals surface area contributed by atoms with Crippen molar-refractivity contribution in [2.24, 2.45) is 5.73 Å². The van der Waals surface area contributed by atoms with E-state index in [2.05, 4.69) is 16.9 Å². The molecule has 0 aromatic carbocycles. The molecule has 0 aliphatic rings. The summed E-state index contributed by atoms with van der Waals surface area (Å²) in [4.78, 5) is 4.37. The number of hydrogen-bond acceptors (Lipinski definition) is 3. The van der Waals surface area contributed by atoms with Crippen molar-refractivity contribution < 1.29 is 0 Å². The molecule has 0 amide bonds. The summed E-state index contributed by atoms with van der Waals surface area (Å²) < 4.78 is 0. The van der Waals surface area contributed by atoms with E-state index in [1.165, 1.54) is 0 Å². The summed E-state index contributed by atoms with van der Waals surface area (Å²) in [6.45, 7) is 7.86. The Labute approximate surface area is 83.5 Å². The van der Waals surface area contributed by atoms with E-state index in [-0.39, 0.29) is 6.04 Å². The molecule has 0 aliphatic carbocycles. The normalized spacial score (nSPS) is 12.8. The zero-order valence-electron chi connectivity index (χ0n) is 8.21. The van der Waals surface area contributed by atoms with E-state index in [1.54, 1.807) is 11.3 Å². The smallest absolute Gasteiger partial charge is 0.0897 e. The second-order valence-corrected chi connectivity index (χ2v) is 4.55. The van der Waals surface area contributed by atoms with Gasteiger partial charge in [0.05, 0.1) is 10.7 Å². The van der Waals surface area contributed by atoms with Gasteiger partial charge in [0.25, 0.3) is 0 Å². The zero-order valence-corrected chi connectivity index (χ0v) is 9.03. The minimum atomic E-state index is 0.166. The first-order valence-electron chi connectivity index (χ1n) is 4.39. The Balaban J connectivity index is 2.44. The minimum absolute atomic E-state index is 0.166. The highest BCUT2D eigenvalue weighted by Crippen LogP contribution is 2.11. The van der Waals surface area contributed by atoms with E-state index in [0.717, 1.165) is 29.1 Å². The van der Waals surface area contributed by atoms with Gasteiger partial charge in [0.1, 0.15) is 0 Å². The van der Waals surface area contributed by atoms with Crippen molar-refractivity contribution in [1.29, 1.82) is 0 Å². The van der Waals surface area contributed by atoms with Crippen LogP contribution in [0.1, 0.15) is 24.0 Å². The molecule has 1 aromatic rings. The fourth-order valence-corrected chi connectivity index (χ4v) is 1.92. The van der Waals surface area contributed by atoms with E-state index in [4.69, 9.17) is 5.73 Å². The summed E-state index contributed by atoms with van der Waals surface area (Å²) in [7, 11) is 0. The van der Waals surface area contributed by atoms with E-state index in [1.807, 2.05) is 13.8 Å². The zero-order chi connectivity index (χ0) is 9.84. The van der Waals surface area contributed by atoms with Gasteiger partial charge in [-0.25, -0.2) is 4.98 Å². The summed E-state index contributed by atoms with van der Waals surface area (Å²) in [6.07, 6.45) is 1.74. The molecule has 0 saturated carbocycles. The van der Waals surface area contributed by atoms with Gasteiger partial charge in [-0.1, -0.05) is 5.57 Å². The first-order valence-corrected chi connectivity index (χ1v) is 5.27. The molecule has 0 radical (unpaired) electrons. The Bertz CT molecular complexity index is 291. The maximum Gasteiger partial charge on any atom is 0.0897 e. The Morgan fingerprint density at radius 2 is 2.46 bits per heavy atom. The maximum atomic E-state index is 5.92. The van der Waals surface area contributed by atoms with Crippen LogP contribution < -0.4 is 5.73 Å². The van der Waals surface area contributed by atoms with Crippen LogP contribution in [0.4, 0.5) is 0 Å². The predicted octanol–water partition coefficient (Wildman–Crippen LogP) is 2.29. The number of nitrogens with zero attached hydrogens (tertiary/aromatic N) is 1. The minimum Gasteiger partial charge on any atom is -0.327 e. The first kappa shape index (κ1) is 10.4. The van der Waals surface area contributed by atoms with E-state index < -0.39 is 0 Å². The summed E-state index contributed by atoms with van der Waals surface area (Å²) in [5.74, 6) is 0. The molecule has 1 rings (SSSR count). The third-order valence-corrected chi connectivity index (χ3v) is 2.57. The molecule has 1 unspecified atom stereocenters. The lowest BCUT2D eigenvalue weighted by Crippen LogP contribution is -2.23. The van der Waals surface area contributed by atoms with Crippen LogP contribution in [-0.4, -0.2) is 11.0 Å². The van der Waals surface area contributed by atoms with Crippen molar-refractivity contribution in [3.05, 3.63) is 28.2 Å². The van der Waals surface area contributed by atoms with Gasteiger partial charge in [-0.3, -0.25) is 0 Å². The van der Waals surface area contributed by atoms with E-state index in [0.29, 0.717) is 0 Å². The fourth-order valence-electron chi connectivity index (χ4n) is 1.29. The van der Waals surface area contributed by atoms with Gasteiger partial charge in [-0.05, 0) is 20.3 Å². The average Bonchev–Trinajstić information content (AvgIpc) is 2.33. The van der Waals surface area contributed by atoms with Crippen LogP contribution in [0.5, 0.6) is 0 Å². The molecule has 3 heteroatoms. The van der Waals surface area contributed by atoms with Gasteiger partial charge in [-0.2, -0.15) is 0 Å². The summed E-state index contributed by atoms with van der Waals surface area (Å²) in [5, 5.41) is 3.19. The molecule has 1 atom stereocenters. The summed E-state index contributed by atoms with van der Waals surface area (Å²) in [5.41, 5.74) is 8.17. The molecule has 13 heavy (non-hydrogen) atoms. The molecule has 2 nitrogen and oxygen atoms in total. The molecule has 0 bridgehead atoms. The number of nitrogens with two attached hydrogens (primary N) is 1. The lowest BCUT2D eigenvalue weighted by atomic mass is 10.1. The lowest BCUT2D eigenvalue weighted by molar-refractivity contribution is 0.653. The highest BCUT2D eigenvalue weighted by molar-refractivity contribution is 7.09. The van der Waals surface area contributed by atoms with Crippen molar-refractivity contribution in [3.63, 3.8) is 0 Å². The topological polar surface area (TPSA) is 38.9 Å². The number of thiazole rings is 1. The molecule has 0 saturated heterocycles. The Morgan fingerprint density at radius 1 is 1.77 bits per heavy atom. The van der Waals surface area contributed by atoms with Crippen molar-refractivity contribution in [1.82, 2.24) is 4.98 Å². The van der Waals surface area contributed by atoms with Crippen LogP contribution in [0.3, 0.4) is 0 Å². The van der Waals surface area contributed by atoms with E-state index in [9.17, 15) is 0 Å². The lowest BCUT2D eigenvalue weighted by Gasteiger charge is -2.08. The van der Waals surface area contributed by atoms with Gasteiger partial charge in [0.2, 0.25) is 0 Å². The van der Waals surface area contributed by atoms with Crippen LogP contribution >= 0.6 is 11.3 Å². The highest BCUT2D eigenvalue weighted by atomic mass is 32.1. The predicted molar refractivity (Wildman–Crippen MR) is 58.0 cm³/mol. The van der Waals surface area contributed by atoms with Gasteiger partial charge >= 0.3 is 0 Å². The molecule has 0 fully saturated rings. The van der Waals surface area contributed by atoms with Crippen LogP contribution in [-0.2, 0) is 6.42 Å². The van der Waals surface area contributed by atoms with Gasteiger partial charge in [-0.15, -0.1) is 17.9 Å². The molecule has 0 aliphatic heterocycles. The number of hydrogen-bond donors (Lipinski definition) is 1. The molecule has 1 aromatic heterocycles. The molecular formula is C10H16N2S. The van der Waals surface area contributed by atoms with Crippen molar-refractivity contribution in [2.75, 3.05) is 0 Å². The van der Waals surface area contributed by atoms with Crippen LogP contribution in [0, 0.1) is 6.92 Å². The number of aromatic nitrogens is 1. The molecule has 72 valence electrons. The average molecular weight is 196 g/mol. The first-order chi connectivity index (χ1) is 6.08. The summed E-state index contributed by atoms with van der Waals surface area (Å²) >= 11 is 1.68. The third-order valence-electron chi connectivity index (χ3n) is 1.75. The molecule has 1 heterocycles. The van der Waals surface area contributed by atoms with Gasteiger partial charge in [0.15, 0.2) is 0 Å². The Kier molecular flexibility index (Phi) is 3.63. The molecular weight excluding hydrogens is 180 g/mol. The largest absolute Gasteiger partial charge is 0.327 e. The second-order valence-electron chi connectivity index (χ2n) is 3.48. The molecule has 0 spiro atoms. The van der Waals surface area contributed by atoms with E-state index >= 15 is 0 Å².